The summed E-state index contributed by atoms with van der Waals surface area (Å²) >= 11 is 3.35. The highest BCUT2D eigenvalue weighted by molar-refractivity contribution is 9.10. The fourth-order valence-corrected chi connectivity index (χ4v) is 2.27. The molecule has 0 atom stereocenters. The van der Waals surface area contributed by atoms with Gasteiger partial charge in [0.1, 0.15) is 27.9 Å². The Hall–Kier alpha value is -1.56. The van der Waals surface area contributed by atoms with Crippen LogP contribution in [0.25, 0.3) is 0 Å². The Morgan fingerprint density at radius 3 is 2.38 bits per heavy atom. The Morgan fingerprint density at radius 1 is 1.10 bits per heavy atom. The van der Waals surface area contributed by atoms with Crippen LogP contribution in [0.3, 0.4) is 0 Å². The largest absolute Gasteiger partial charge is 0.370 e. The number of benzene rings is 1. The van der Waals surface area contributed by atoms with Gasteiger partial charge in [0.05, 0.1) is 0 Å². The standard InChI is InChI=1S/C15H16BrF2N3/c1-9(2)15-20-13(16)8-14(21-15)19-4-3-10-5-11(17)7-12(18)6-10/h5-9H,3-4H2,1-2H3,(H,19,20,21). The third-order valence-electron chi connectivity index (χ3n) is 2.87. The van der Waals surface area contributed by atoms with Gasteiger partial charge in [-0.1, -0.05) is 13.8 Å². The normalized spacial score (nSPS) is 11.0. The smallest absolute Gasteiger partial charge is 0.134 e. The average Bonchev–Trinajstić information content (AvgIpc) is 2.36. The van der Waals surface area contributed by atoms with Crippen LogP contribution in [0.1, 0.15) is 31.2 Å². The van der Waals surface area contributed by atoms with Gasteiger partial charge >= 0.3 is 0 Å². The minimum atomic E-state index is -0.558. The van der Waals surface area contributed by atoms with Crippen LogP contribution in [-0.4, -0.2) is 16.5 Å². The maximum absolute atomic E-state index is 13.1. The zero-order valence-corrected chi connectivity index (χ0v) is 13.4. The van der Waals surface area contributed by atoms with Crippen molar-refractivity contribution in [2.24, 2.45) is 0 Å². The minimum Gasteiger partial charge on any atom is -0.370 e. The lowest BCUT2D eigenvalue weighted by Gasteiger charge is -2.10. The van der Waals surface area contributed by atoms with E-state index in [1.165, 1.54) is 12.1 Å². The van der Waals surface area contributed by atoms with E-state index in [1.54, 1.807) is 6.07 Å². The molecule has 2 aromatic rings. The number of nitrogens with zero attached hydrogens (tertiary/aromatic N) is 2. The summed E-state index contributed by atoms with van der Waals surface area (Å²) in [7, 11) is 0. The van der Waals surface area contributed by atoms with Gasteiger partial charge in [0, 0.05) is 24.6 Å². The van der Waals surface area contributed by atoms with Gasteiger partial charge in [-0.3, -0.25) is 0 Å². The summed E-state index contributed by atoms with van der Waals surface area (Å²) in [5.41, 5.74) is 0.609. The molecule has 1 aromatic heterocycles. The molecule has 0 aliphatic carbocycles. The van der Waals surface area contributed by atoms with Gasteiger partial charge in [-0.25, -0.2) is 18.7 Å². The zero-order chi connectivity index (χ0) is 15.4. The van der Waals surface area contributed by atoms with Crippen LogP contribution >= 0.6 is 15.9 Å². The molecule has 1 heterocycles. The molecule has 0 spiro atoms. The predicted molar refractivity (Wildman–Crippen MR) is 82.4 cm³/mol. The first kappa shape index (κ1) is 15.8. The van der Waals surface area contributed by atoms with Crippen molar-refractivity contribution in [3.8, 4) is 0 Å². The van der Waals surface area contributed by atoms with Gasteiger partial charge in [0.25, 0.3) is 0 Å². The van der Waals surface area contributed by atoms with Gasteiger partial charge in [0.15, 0.2) is 0 Å². The number of hydrogen-bond acceptors (Lipinski definition) is 3. The molecule has 1 N–H and O–H groups in total. The monoisotopic (exact) mass is 355 g/mol. The van der Waals surface area contributed by atoms with Crippen molar-refractivity contribution < 1.29 is 8.78 Å². The van der Waals surface area contributed by atoms with E-state index in [4.69, 9.17) is 0 Å². The van der Waals surface area contributed by atoms with Crippen molar-refractivity contribution in [1.29, 1.82) is 0 Å². The molecule has 0 unspecified atom stereocenters. The number of hydrogen-bond donors (Lipinski definition) is 1. The van der Waals surface area contributed by atoms with E-state index in [1.807, 2.05) is 13.8 Å². The van der Waals surface area contributed by atoms with Crippen molar-refractivity contribution >= 4 is 21.7 Å². The Bertz CT molecular complexity index is 612. The zero-order valence-electron chi connectivity index (χ0n) is 11.8. The quantitative estimate of drug-likeness (QED) is 0.812. The third kappa shape index (κ3) is 4.74. The maximum atomic E-state index is 13.1. The highest BCUT2D eigenvalue weighted by Gasteiger charge is 2.07. The minimum absolute atomic E-state index is 0.223. The highest BCUT2D eigenvalue weighted by Crippen LogP contribution is 2.17. The molecule has 0 bridgehead atoms. The molecule has 0 saturated heterocycles. The number of rotatable bonds is 5. The second-order valence-corrected chi connectivity index (χ2v) is 5.86. The number of nitrogens with one attached hydrogen (secondary N) is 1. The topological polar surface area (TPSA) is 37.8 Å². The average molecular weight is 356 g/mol. The molecule has 0 fully saturated rings. The molecule has 0 aliphatic heterocycles. The van der Waals surface area contributed by atoms with Crippen LogP contribution in [0.15, 0.2) is 28.9 Å². The first-order valence-electron chi connectivity index (χ1n) is 6.67. The van der Waals surface area contributed by atoms with Gasteiger partial charge in [0.2, 0.25) is 0 Å². The Morgan fingerprint density at radius 2 is 1.76 bits per heavy atom. The SMILES string of the molecule is CC(C)c1nc(Br)cc(NCCc2cc(F)cc(F)c2)n1. The summed E-state index contributed by atoms with van der Waals surface area (Å²) < 4.78 is 26.9. The van der Waals surface area contributed by atoms with E-state index >= 15 is 0 Å². The number of anilines is 1. The molecular formula is C15H16BrF2N3. The van der Waals surface area contributed by atoms with Gasteiger partial charge in [-0.05, 0) is 40.0 Å². The molecule has 0 aliphatic rings. The highest BCUT2D eigenvalue weighted by atomic mass is 79.9. The van der Waals surface area contributed by atoms with Crippen LogP contribution in [0.2, 0.25) is 0 Å². The Kier molecular flexibility index (Phi) is 5.22. The predicted octanol–water partition coefficient (Wildman–Crippen LogP) is 4.30. The number of aromatic nitrogens is 2. The fraction of sp³-hybridized carbons (Fsp3) is 0.333. The summed E-state index contributed by atoms with van der Waals surface area (Å²) in [5, 5.41) is 3.14. The van der Waals surface area contributed by atoms with Crippen LogP contribution in [0.4, 0.5) is 14.6 Å². The fourth-order valence-electron chi connectivity index (χ4n) is 1.87. The van der Waals surface area contributed by atoms with Gasteiger partial charge in [-0.15, -0.1) is 0 Å². The molecule has 2 rings (SSSR count). The molecule has 21 heavy (non-hydrogen) atoms. The van der Waals surface area contributed by atoms with E-state index < -0.39 is 11.6 Å². The van der Waals surface area contributed by atoms with Crippen molar-refractivity contribution in [2.75, 3.05) is 11.9 Å². The summed E-state index contributed by atoms with van der Waals surface area (Å²) in [6.07, 6.45) is 0.507. The molecule has 1 aromatic carbocycles. The molecule has 3 nitrogen and oxygen atoms in total. The Labute approximate surface area is 131 Å². The molecule has 0 amide bonds. The maximum Gasteiger partial charge on any atom is 0.134 e. The third-order valence-corrected chi connectivity index (χ3v) is 3.28. The van der Waals surface area contributed by atoms with E-state index in [0.29, 0.717) is 29.0 Å². The first-order valence-corrected chi connectivity index (χ1v) is 7.46. The van der Waals surface area contributed by atoms with E-state index in [2.05, 4.69) is 31.2 Å². The number of halogens is 3. The van der Waals surface area contributed by atoms with Crippen LogP contribution < -0.4 is 5.32 Å². The lowest BCUT2D eigenvalue weighted by atomic mass is 10.1. The molecule has 0 saturated carbocycles. The van der Waals surface area contributed by atoms with Crippen LogP contribution in [0, 0.1) is 11.6 Å². The van der Waals surface area contributed by atoms with Crippen molar-refractivity contribution in [1.82, 2.24) is 9.97 Å². The second kappa shape index (κ2) is 6.93. The van der Waals surface area contributed by atoms with E-state index in [0.717, 1.165) is 11.9 Å². The first-order chi connectivity index (χ1) is 9.94. The van der Waals surface area contributed by atoms with E-state index in [9.17, 15) is 8.78 Å². The molecular weight excluding hydrogens is 340 g/mol. The molecule has 0 radical (unpaired) electrons. The Balaban J connectivity index is 2.00. The second-order valence-electron chi connectivity index (χ2n) is 5.04. The summed E-state index contributed by atoms with van der Waals surface area (Å²) in [4.78, 5) is 8.69. The molecule has 6 heteroatoms. The van der Waals surface area contributed by atoms with E-state index in [-0.39, 0.29) is 5.92 Å². The van der Waals surface area contributed by atoms with Crippen LogP contribution in [-0.2, 0) is 6.42 Å². The van der Waals surface area contributed by atoms with Crippen molar-refractivity contribution in [2.45, 2.75) is 26.2 Å². The van der Waals surface area contributed by atoms with Crippen LogP contribution in [0.5, 0.6) is 0 Å². The summed E-state index contributed by atoms with van der Waals surface area (Å²) in [5.74, 6) is 0.537. The van der Waals surface area contributed by atoms with Gasteiger partial charge in [-0.2, -0.15) is 0 Å². The van der Waals surface area contributed by atoms with Crippen molar-refractivity contribution in [3.63, 3.8) is 0 Å². The summed E-state index contributed by atoms with van der Waals surface area (Å²) in [6.45, 7) is 4.56. The van der Waals surface area contributed by atoms with Crippen molar-refractivity contribution in [3.05, 3.63) is 51.9 Å². The lowest BCUT2D eigenvalue weighted by molar-refractivity contribution is 0.580. The lowest BCUT2D eigenvalue weighted by Crippen LogP contribution is -2.09. The van der Waals surface area contributed by atoms with Gasteiger partial charge < -0.3 is 5.32 Å². The summed E-state index contributed by atoms with van der Waals surface area (Å²) in [6, 6.07) is 5.31. The molecule has 112 valence electrons.